The highest BCUT2D eigenvalue weighted by molar-refractivity contribution is 8.00. The monoisotopic (exact) mass is 270 g/mol. The summed E-state index contributed by atoms with van der Waals surface area (Å²) in [6.45, 7) is 0.875. The second-order valence-corrected chi connectivity index (χ2v) is 5.63. The number of rotatable bonds is 4. The van der Waals surface area contributed by atoms with Gasteiger partial charge in [0.2, 0.25) is 0 Å². The summed E-state index contributed by atoms with van der Waals surface area (Å²) in [6, 6.07) is 7.01. The maximum Gasteiger partial charge on any atom is 0.176 e. The molecule has 0 spiro atoms. The van der Waals surface area contributed by atoms with Crippen molar-refractivity contribution in [3.05, 3.63) is 34.9 Å². The second kappa shape index (κ2) is 5.87. The summed E-state index contributed by atoms with van der Waals surface area (Å²) < 4.78 is 0. The van der Waals surface area contributed by atoms with Gasteiger partial charge < -0.3 is 5.73 Å². The van der Waals surface area contributed by atoms with Crippen LogP contribution >= 0.6 is 23.4 Å². The lowest BCUT2D eigenvalue weighted by Crippen LogP contribution is -2.43. The molecule has 2 unspecified atom stereocenters. The molecule has 3 nitrogen and oxygen atoms in total. The van der Waals surface area contributed by atoms with Crippen LogP contribution in [0.5, 0.6) is 0 Å². The molecule has 1 saturated heterocycles. The molecule has 0 saturated carbocycles. The molecule has 0 bridgehead atoms. The third kappa shape index (κ3) is 3.22. The zero-order valence-corrected chi connectivity index (χ0v) is 10.9. The van der Waals surface area contributed by atoms with E-state index in [1.165, 1.54) is 0 Å². The molecule has 1 aromatic rings. The lowest BCUT2D eigenvalue weighted by molar-refractivity contribution is -0.120. The van der Waals surface area contributed by atoms with E-state index in [1.807, 2.05) is 24.3 Å². The number of carbonyl (C=O) groups excluding carboxylic acids is 1. The molecule has 2 atom stereocenters. The number of nitrogens with one attached hydrogen (secondary N) is 1. The number of hydrogen-bond donors (Lipinski definition) is 2. The van der Waals surface area contributed by atoms with Crippen LogP contribution in [0.25, 0.3) is 0 Å². The molecular formula is C12H15ClN2OS. The van der Waals surface area contributed by atoms with Gasteiger partial charge in [0.15, 0.2) is 5.78 Å². The normalized spacial score (nSPS) is 21.4. The van der Waals surface area contributed by atoms with Crippen LogP contribution in [-0.4, -0.2) is 29.5 Å². The van der Waals surface area contributed by atoms with Crippen molar-refractivity contribution in [1.29, 1.82) is 0 Å². The highest BCUT2D eigenvalue weighted by Crippen LogP contribution is 2.19. The van der Waals surface area contributed by atoms with Gasteiger partial charge in [-0.25, -0.2) is 0 Å². The molecular weight excluding hydrogens is 256 g/mol. The van der Waals surface area contributed by atoms with Gasteiger partial charge >= 0.3 is 0 Å². The molecule has 5 heteroatoms. The molecule has 2 rings (SSSR count). The van der Waals surface area contributed by atoms with Gasteiger partial charge in [-0.05, 0) is 18.1 Å². The van der Waals surface area contributed by atoms with E-state index >= 15 is 0 Å². The second-order valence-electron chi connectivity index (χ2n) is 4.01. The standard InChI is InChI=1S/C12H15ClN2OS/c13-9-4-2-1-3-8(9)7-10(14)11(16)12-15-5-6-17-12/h1-4,10,12,15H,5-7,14H2. The minimum Gasteiger partial charge on any atom is -0.321 e. The summed E-state index contributed by atoms with van der Waals surface area (Å²) in [5, 5.41) is 3.66. The first-order valence-corrected chi connectivity index (χ1v) is 6.99. The Morgan fingerprint density at radius 2 is 2.35 bits per heavy atom. The molecule has 17 heavy (non-hydrogen) atoms. The fraction of sp³-hybridized carbons (Fsp3) is 0.417. The third-order valence-corrected chi connectivity index (χ3v) is 4.28. The number of ketones is 1. The van der Waals surface area contributed by atoms with E-state index < -0.39 is 6.04 Å². The molecule has 0 aliphatic carbocycles. The van der Waals surface area contributed by atoms with Crippen LogP contribution in [0.3, 0.4) is 0 Å². The zero-order chi connectivity index (χ0) is 12.3. The van der Waals surface area contributed by atoms with Gasteiger partial charge in [0.1, 0.15) is 5.37 Å². The molecule has 1 aromatic carbocycles. The van der Waals surface area contributed by atoms with Crippen molar-refractivity contribution in [3.8, 4) is 0 Å². The van der Waals surface area contributed by atoms with Gasteiger partial charge in [0, 0.05) is 17.3 Å². The van der Waals surface area contributed by atoms with Crippen LogP contribution in [0, 0.1) is 0 Å². The molecule has 1 fully saturated rings. The van der Waals surface area contributed by atoms with E-state index in [1.54, 1.807) is 11.8 Å². The first kappa shape index (κ1) is 12.9. The molecule has 1 heterocycles. The van der Waals surface area contributed by atoms with E-state index in [9.17, 15) is 4.79 Å². The maximum absolute atomic E-state index is 12.0. The first-order chi connectivity index (χ1) is 8.18. The Labute approximate surface area is 110 Å². The van der Waals surface area contributed by atoms with Gasteiger partial charge in [-0.15, -0.1) is 11.8 Å². The highest BCUT2D eigenvalue weighted by atomic mass is 35.5. The minimum absolute atomic E-state index is 0.0624. The fourth-order valence-electron chi connectivity index (χ4n) is 1.80. The van der Waals surface area contributed by atoms with Crippen LogP contribution in [0.1, 0.15) is 5.56 Å². The number of nitrogens with two attached hydrogens (primary N) is 1. The third-order valence-electron chi connectivity index (χ3n) is 2.74. The number of carbonyl (C=O) groups is 1. The molecule has 0 amide bonds. The summed E-state index contributed by atoms with van der Waals surface area (Å²) in [5.41, 5.74) is 6.87. The lowest BCUT2D eigenvalue weighted by Gasteiger charge is -2.15. The van der Waals surface area contributed by atoms with Crippen molar-refractivity contribution in [2.45, 2.75) is 17.8 Å². The van der Waals surface area contributed by atoms with Crippen molar-refractivity contribution in [1.82, 2.24) is 5.32 Å². The largest absolute Gasteiger partial charge is 0.321 e. The van der Waals surface area contributed by atoms with Gasteiger partial charge in [-0.3, -0.25) is 10.1 Å². The van der Waals surface area contributed by atoms with Crippen LogP contribution in [-0.2, 0) is 11.2 Å². The van der Waals surface area contributed by atoms with Crippen LogP contribution in [0.15, 0.2) is 24.3 Å². The Kier molecular flexibility index (Phi) is 4.45. The van der Waals surface area contributed by atoms with Crippen molar-refractivity contribution >= 4 is 29.1 Å². The average molecular weight is 271 g/mol. The predicted molar refractivity (Wildman–Crippen MR) is 72.4 cm³/mol. The van der Waals surface area contributed by atoms with E-state index in [4.69, 9.17) is 17.3 Å². The number of halogens is 1. The quantitative estimate of drug-likeness (QED) is 0.869. The molecule has 3 N–H and O–H groups in total. The SMILES string of the molecule is NC(Cc1ccccc1Cl)C(=O)C1NCCS1. The average Bonchev–Trinajstić information content (AvgIpc) is 2.84. The number of Topliss-reactive ketones (excluding diaryl/α,β-unsaturated/α-hetero) is 1. The first-order valence-electron chi connectivity index (χ1n) is 5.56. The van der Waals surface area contributed by atoms with Gasteiger partial charge in [-0.2, -0.15) is 0 Å². The van der Waals surface area contributed by atoms with Gasteiger partial charge in [0.25, 0.3) is 0 Å². The fourth-order valence-corrected chi connectivity index (χ4v) is 3.06. The summed E-state index contributed by atoms with van der Waals surface area (Å²) >= 11 is 7.66. The Bertz CT molecular complexity index is 407. The van der Waals surface area contributed by atoms with E-state index in [-0.39, 0.29) is 11.2 Å². The van der Waals surface area contributed by atoms with Crippen molar-refractivity contribution in [3.63, 3.8) is 0 Å². The van der Waals surface area contributed by atoms with Gasteiger partial charge in [0.05, 0.1) is 6.04 Å². The van der Waals surface area contributed by atoms with Crippen molar-refractivity contribution in [2.75, 3.05) is 12.3 Å². The number of thioether (sulfide) groups is 1. The topological polar surface area (TPSA) is 55.1 Å². The predicted octanol–water partition coefficient (Wildman–Crippen LogP) is 1.44. The smallest absolute Gasteiger partial charge is 0.176 e. The summed E-state index contributed by atoms with van der Waals surface area (Å²) in [4.78, 5) is 12.0. The zero-order valence-electron chi connectivity index (χ0n) is 9.36. The molecule has 1 aliphatic rings. The Morgan fingerprint density at radius 1 is 1.59 bits per heavy atom. The Morgan fingerprint density at radius 3 is 3.00 bits per heavy atom. The van der Waals surface area contributed by atoms with E-state index in [0.717, 1.165) is 17.9 Å². The molecule has 1 aliphatic heterocycles. The Hall–Kier alpha value is -0.550. The molecule has 92 valence electrons. The summed E-state index contributed by atoms with van der Waals surface area (Å²) in [5.74, 6) is 1.03. The minimum atomic E-state index is -0.488. The van der Waals surface area contributed by atoms with E-state index in [0.29, 0.717) is 11.4 Å². The van der Waals surface area contributed by atoms with Gasteiger partial charge in [-0.1, -0.05) is 29.8 Å². The maximum atomic E-state index is 12.0. The van der Waals surface area contributed by atoms with Crippen LogP contribution in [0.4, 0.5) is 0 Å². The lowest BCUT2D eigenvalue weighted by atomic mass is 10.0. The Balaban J connectivity index is 1.99. The summed E-state index contributed by atoms with van der Waals surface area (Å²) in [6.07, 6.45) is 0.497. The number of benzene rings is 1. The number of hydrogen-bond acceptors (Lipinski definition) is 4. The van der Waals surface area contributed by atoms with Crippen molar-refractivity contribution < 1.29 is 4.79 Å². The van der Waals surface area contributed by atoms with E-state index in [2.05, 4.69) is 5.32 Å². The van der Waals surface area contributed by atoms with Crippen LogP contribution < -0.4 is 11.1 Å². The highest BCUT2D eigenvalue weighted by Gasteiger charge is 2.27. The van der Waals surface area contributed by atoms with Crippen LogP contribution in [0.2, 0.25) is 5.02 Å². The van der Waals surface area contributed by atoms with Crippen molar-refractivity contribution in [2.24, 2.45) is 5.73 Å². The summed E-state index contributed by atoms with van der Waals surface area (Å²) in [7, 11) is 0. The molecule has 0 radical (unpaired) electrons. The molecule has 0 aromatic heterocycles.